The monoisotopic (exact) mass is 426 g/mol. The minimum atomic E-state index is -1.81. The first-order valence-electron chi connectivity index (χ1n) is 8.92. The predicted molar refractivity (Wildman–Crippen MR) is 99.3 cm³/mol. The van der Waals surface area contributed by atoms with Crippen LogP contribution in [0.25, 0.3) is 0 Å². The van der Waals surface area contributed by atoms with E-state index in [9.17, 15) is 27.9 Å². The zero-order chi connectivity index (χ0) is 21.1. The van der Waals surface area contributed by atoms with E-state index in [4.69, 9.17) is 11.6 Å². The smallest absolute Gasteiger partial charge is 0.254 e. The summed E-state index contributed by atoms with van der Waals surface area (Å²) in [5.41, 5.74) is -0.115. The normalized spacial score (nSPS) is 17.9. The van der Waals surface area contributed by atoms with Gasteiger partial charge in [-0.1, -0.05) is 23.7 Å². The number of rotatable bonds is 5. The van der Waals surface area contributed by atoms with E-state index in [1.807, 2.05) is 0 Å². The highest BCUT2D eigenvalue weighted by atomic mass is 35.5. The third kappa shape index (κ3) is 4.89. The van der Waals surface area contributed by atoms with Crippen LogP contribution in [0.3, 0.4) is 0 Å². The van der Waals surface area contributed by atoms with Gasteiger partial charge in [-0.3, -0.25) is 9.59 Å². The Balaban J connectivity index is 1.67. The van der Waals surface area contributed by atoms with Gasteiger partial charge in [0, 0.05) is 35.3 Å². The molecule has 154 valence electrons. The molecule has 1 aliphatic rings. The number of nitrogens with one attached hydrogen (secondary N) is 1. The molecule has 0 aromatic heterocycles. The fraction of sp³-hybridized carbons (Fsp3) is 0.300. The predicted octanol–water partition coefficient (Wildman–Crippen LogP) is 3.10. The van der Waals surface area contributed by atoms with Crippen LogP contribution in [0.15, 0.2) is 36.4 Å². The summed E-state index contributed by atoms with van der Waals surface area (Å²) < 4.78 is 40.8. The molecule has 9 heteroatoms. The number of hydrogen-bond acceptors (Lipinski definition) is 3. The lowest BCUT2D eigenvalue weighted by Gasteiger charge is -2.33. The highest BCUT2D eigenvalue weighted by Gasteiger charge is 2.32. The fourth-order valence-corrected chi connectivity index (χ4v) is 3.36. The number of likely N-dealkylation sites (tertiary alicyclic amines) is 1. The van der Waals surface area contributed by atoms with Crippen molar-refractivity contribution in [2.75, 3.05) is 6.54 Å². The third-order valence-electron chi connectivity index (χ3n) is 4.73. The summed E-state index contributed by atoms with van der Waals surface area (Å²) in [5.74, 6) is -3.72. The summed E-state index contributed by atoms with van der Waals surface area (Å²) in [6.45, 7) is 0.266. The lowest BCUT2D eigenvalue weighted by molar-refractivity contribution is -0.141. The van der Waals surface area contributed by atoms with Gasteiger partial charge in [0.15, 0.2) is 6.10 Å². The molecule has 0 bridgehead atoms. The number of piperidine rings is 1. The lowest BCUT2D eigenvalue weighted by atomic mass is 10.0. The summed E-state index contributed by atoms with van der Waals surface area (Å²) in [6.07, 6.45) is -0.960. The molecule has 1 fully saturated rings. The van der Waals surface area contributed by atoms with Gasteiger partial charge in [0.25, 0.3) is 5.91 Å². The van der Waals surface area contributed by atoms with E-state index in [-0.39, 0.29) is 22.7 Å². The molecule has 1 heterocycles. The zero-order valence-corrected chi connectivity index (χ0v) is 15.9. The summed E-state index contributed by atoms with van der Waals surface area (Å²) in [4.78, 5) is 26.3. The molecule has 0 aliphatic carbocycles. The minimum Gasteiger partial charge on any atom is -0.378 e. The van der Waals surface area contributed by atoms with Crippen LogP contribution in [0, 0.1) is 17.5 Å². The molecule has 5 nitrogen and oxygen atoms in total. The minimum absolute atomic E-state index is 0.0777. The topological polar surface area (TPSA) is 69.6 Å². The van der Waals surface area contributed by atoms with Gasteiger partial charge in [0.05, 0.1) is 0 Å². The molecule has 0 spiro atoms. The molecule has 29 heavy (non-hydrogen) atoms. The number of halogens is 4. The Morgan fingerprint density at radius 2 is 1.97 bits per heavy atom. The molecule has 0 unspecified atom stereocenters. The van der Waals surface area contributed by atoms with Crippen molar-refractivity contribution in [2.45, 2.75) is 31.5 Å². The first-order valence-corrected chi connectivity index (χ1v) is 9.30. The van der Waals surface area contributed by atoms with Crippen LogP contribution in [0.1, 0.15) is 30.1 Å². The van der Waals surface area contributed by atoms with Crippen LogP contribution in [-0.4, -0.2) is 34.4 Å². The Bertz CT molecular complexity index is 941. The van der Waals surface area contributed by atoms with E-state index < -0.39 is 41.4 Å². The van der Waals surface area contributed by atoms with Crippen LogP contribution < -0.4 is 5.32 Å². The van der Waals surface area contributed by atoms with Crippen LogP contribution in [0.2, 0.25) is 5.02 Å². The third-order valence-corrected chi connectivity index (χ3v) is 4.96. The van der Waals surface area contributed by atoms with Crippen LogP contribution in [0.4, 0.5) is 13.2 Å². The van der Waals surface area contributed by atoms with Crippen molar-refractivity contribution in [2.24, 2.45) is 0 Å². The SMILES string of the molecule is O=C(N[C@H]1CCCN(Cc2ccc(F)cc2F)C1=O)[C@H](O)c1ccc(Cl)cc1F. The average molecular weight is 427 g/mol. The zero-order valence-electron chi connectivity index (χ0n) is 15.2. The van der Waals surface area contributed by atoms with Crippen molar-refractivity contribution < 1.29 is 27.9 Å². The Kier molecular flexibility index (Phi) is 6.44. The number of carbonyl (C=O) groups excluding carboxylic acids is 2. The van der Waals surface area contributed by atoms with Crippen molar-refractivity contribution in [3.8, 4) is 0 Å². The largest absolute Gasteiger partial charge is 0.378 e. The van der Waals surface area contributed by atoms with E-state index in [0.29, 0.717) is 19.4 Å². The molecule has 0 saturated carbocycles. The maximum atomic E-state index is 13.9. The van der Waals surface area contributed by atoms with Gasteiger partial charge in [0.2, 0.25) is 5.91 Å². The van der Waals surface area contributed by atoms with E-state index in [1.165, 1.54) is 23.1 Å². The molecule has 1 saturated heterocycles. The van der Waals surface area contributed by atoms with Gasteiger partial charge in [-0.25, -0.2) is 13.2 Å². The van der Waals surface area contributed by atoms with Crippen LogP contribution >= 0.6 is 11.6 Å². The quantitative estimate of drug-likeness (QED) is 0.772. The molecule has 2 aromatic carbocycles. The van der Waals surface area contributed by atoms with Crippen molar-refractivity contribution >= 4 is 23.4 Å². The molecular weight excluding hydrogens is 409 g/mol. The van der Waals surface area contributed by atoms with Crippen molar-refractivity contribution in [3.63, 3.8) is 0 Å². The van der Waals surface area contributed by atoms with Crippen molar-refractivity contribution in [3.05, 3.63) is 70.0 Å². The van der Waals surface area contributed by atoms with E-state index in [0.717, 1.165) is 18.2 Å². The maximum absolute atomic E-state index is 13.9. The van der Waals surface area contributed by atoms with Gasteiger partial charge >= 0.3 is 0 Å². The molecule has 2 aromatic rings. The number of carbonyl (C=O) groups is 2. The molecule has 2 N–H and O–H groups in total. The molecule has 1 aliphatic heterocycles. The highest BCUT2D eigenvalue weighted by Crippen LogP contribution is 2.22. The number of benzene rings is 2. The van der Waals surface area contributed by atoms with Crippen molar-refractivity contribution in [1.29, 1.82) is 0 Å². The average Bonchev–Trinajstić information content (AvgIpc) is 2.66. The Hall–Kier alpha value is -2.58. The van der Waals surface area contributed by atoms with Crippen molar-refractivity contribution in [1.82, 2.24) is 10.2 Å². The Morgan fingerprint density at radius 1 is 1.21 bits per heavy atom. The molecule has 2 amide bonds. The first kappa shape index (κ1) is 21.1. The van der Waals surface area contributed by atoms with E-state index in [1.54, 1.807) is 0 Å². The van der Waals surface area contributed by atoms with Crippen LogP contribution in [0.5, 0.6) is 0 Å². The number of amides is 2. The molecule has 2 atom stereocenters. The van der Waals surface area contributed by atoms with Gasteiger partial charge in [-0.05, 0) is 31.0 Å². The second-order valence-electron chi connectivity index (χ2n) is 6.77. The highest BCUT2D eigenvalue weighted by molar-refractivity contribution is 6.30. The number of hydrogen-bond donors (Lipinski definition) is 2. The summed E-state index contributed by atoms with van der Waals surface area (Å²) >= 11 is 5.66. The van der Waals surface area contributed by atoms with Gasteiger partial charge in [-0.2, -0.15) is 0 Å². The Labute approximate surface area is 170 Å². The maximum Gasteiger partial charge on any atom is 0.254 e. The van der Waals surface area contributed by atoms with E-state index >= 15 is 0 Å². The number of aliphatic hydroxyl groups excluding tert-OH is 1. The summed E-state index contributed by atoms with van der Waals surface area (Å²) in [5, 5.41) is 12.7. The summed E-state index contributed by atoms with van der Waals surface area (Å²) in [6, 6.07) is 5.65. The molecule has 3 rings (SSSR count). The van der Waals surface area contributed by atoms with E-state index in [2.05, 4.69) is 5.32 Å². The van der Waals surface area contributed by atoms with Gasteiger partial charge in [-0.15, -0.1) is 0 Å². The second-order valence-corrected chi connectivity index (χ2v) is 7.20. The van der Waals surface area contributed by atoms with Gasteiger partial charge < -0.3 is 15.3 Å². The molecular formula is C20H18ClF3N2O3. The number of nitrogens with zero attached hydrogens (tertiary/aromatic N) is 1. The number of aliphatic hydroxyl groups is 1. The standard InChI is InChI=1S/C20H18ClF3N2O3/c21-12-4-6-14(16(24)8-12)18(27)19(28)25-17-2-1-7-26(20(17)29)10-11-3-5-13(22)9-15(11)23/h3-6,8-9,17-18,27H,1-2,7,10H2,(H,25,28)/t17-,18+/m0/s1. The second kappa shape index (κ2) is 8.84. The molecule has 0 radical (unpaired) electrons. The Morgan fingerprint density at radius 3 is 2.66 bits per heavy atom. The van der Waals surface area contributed by atoms with Gasteiger partial charge in [0.1, 0.15) is 23.5 Å². The summed E-state index contributed by atoms with van der Waals surface area (Å²) in [7, 11) is 0. The fourth-order valence-electron chi connectivity index (χ4n) is 3.20. The van der Waals surface area contributed by atoms with Crippen LogP contribution in [-0.2, 0) is 16.1 Å². The first-order chi connectivity index (χ1) is 13.8. The lowest BCUT2D eigenvalue weighted by Crippen LogP contribution is -2.52.